The Hall–Kier alpha value is -2.21. The highest BCUT2D eigenvalue weighted by atomic mass is 16.6. The topological polar surface area (TPSA) is 73.0 Å². The average molecular weight is 274 g/mol. The van der Waals surface area contributed by atoms with Gasteiger partial charge in [-0.05, 0) is 18.1 Å². The van der Waals surface area contributed by atoms with Gasteiger partial charge in [0.25, 0.3) is 5.69 Å². The Morgan fingerprint density at radius 2 is 2.15 bits per heavy atom. The summed E-state index contributed by atoms with van der Waals surface area (Å²) in [6.07, 6.45) is 0.915. The molecule has 2 rings (SSSR count). The van der Waals surface area contributed by atoms with E-state index in [0.29, 0.717) is 13.1 Å². The van der Waals surface area contributed by atoms with Crippen LogP contribution in [0.5, 0.6) is 0 Å². The van der Waals surface area contributed by atoms with Crippen LogP contribution in [0, 0.1) is 10.1 Å². The highest BCUT2D eigenvalue weighted by Gasteiger charge is 2.06. The number of nitrogens with one attached hydrogen (secondary N) is 1. The van der Waals surface area contributed by atoms with Gasteiger partial charge in [0.2, 0.25) is 0 Å². The molecule has 20 heavy (non-hydrogen) atoms. The summed E-state index contributed by atoms with van der Waals surface area (Å²) in [5, 5.41) is 18.4. The first kappa shape index (κ1) is 14.2. The van der Waals surface area contributed by atoms with E-state index in [1.165, 1.54) is 6.07 Å². The molecule has 0 aliphatic heterocycles. The van der Waals surface area contributed by atoms with Crippen molar-refractivity contribution in [3.05, 3.63) is 57.4 Å². The molecule has 0 radical (unpaired) electrons. The lowest BCUT2D eigenvalue weighted by Gasteiger charge is -2.05. The molecule has 0 unspecified atom stereocenters. The van der Waals surface area contributed by atoms with Crippen molar-refractivity contribution < 1.29 is 4.92 Å². The molecule has 1 aromatic carbocycles. The first-order valence-electron chi connectivity index (χ1n) is 6.56. The van der Waals surface area contributed by atoms with Crippen molar-refractivity contribution in [1.29, 1.82) is 0 Å². The molecule has 0 spiro atoms. The van der Waals surface area contributed by atoms with Gasteiger partial charge < -0.3 is 5.32 Å². The van der Waals surface area contributed by atoms with E-state index in [4.69, 9.17) is 0 Å². The van der Waals surface area contributed by atoms with Gasteiger partial charge in [0.05, 0.1) is 16.3 Å². The summed E-state index contributed by atoms with van der Waals surface area (Å²) in [6.45, 7) is 3.35. The summed E-state index contributed by atoms with van der Waals surface area (Å²) in [6, 6.07) is 8.74. The van der Waals surface area contributed by atoms with Gasteiger partial charge >= 0.3 is 0 Å². The predicted molar refractivity (Wildman–Crippen MR) is 76.2 cm³/mol. The van der Waals surface area contributed by atoms with Crippen LogP contribution in [0.3, 0.4) is 0 Å². The fraction of sp³-hybridized carbons (Fsp3) is 0.357. The maximum absolute atomic E-state index is 10.7. The first-order chi connectivity index (χ1) is 9.60. The van der Waals surface area contributed by atoms with Crippen LogP contribution in [0.25, 0.3) is 0 Å². The quantitative estimate of drug-likeness (QED) is 0.647. The largest absolute Gasteiger partial charge is 0.307 e. The number of aryl methyl sites for hydroxylation is 2. The molecule has 0 saturated carbocycles. The summed E-state index contributed by atoms with van der Waals surface area (Å²) >= 11 is 0. The third kappa shape index (κ3) is 3.42. The van der Waals surface area contributed by atoms with Crippen LogP contribution in [0.1, 0.15) is 23.9 Å². The smallest absolute Gasteiger partial charge is 0.269 e. The van der Waals surface area contributed by atoms with Crippen LogP contribution >= 0.6 is 0 Å². The molecule has 6 heteroatoms. The lowest BCUT2D eigenvalue weighted by molar-refractivity contribution is -0.384. The lowest BCUT2D eigenvalue weighted by Crippen LogP contribution is -2.15. The summed E-state index contributed by atoms with van der Waals surface area (Å²) in [7, 11) is 1.92. The van der Waals surface area contributed by atoms with Crippen molar-refractivity contribution in [3.8, 4) is 0 Å². The molecule has 106 valence electrons. The molecule has 0 atom stereocenters. The minimum absolute atomic E-state index is 0.123. The van der Waals surface area contributed by atoms with E-state index in [1.54, 1.807) is 12.1 Å². The van der Waals surface area contributed by atoms with Gasteiger partial charge in [0, 0.05) is 32.3 Å². The fourth-order valence-corrected chi connectivity index (χ4v) is 2.02. The van der Waals surface area contributed by atoms with Gasteiger partial charge in [-0.1, -0.05) is 19.1 Å². The van der Waals surface area contributed by atoms with Crippen molar-refractivity contribution in [2.75, 3.05) is 0 Å². The molecule has 0 saturated heterocycles. The second-order valence-electron chi connectivity index (χ2n) is 4.63. The zero-order valence-electron chi connectivity index (χ0n) is 11.7. The fourth-order valence-electron chi connectivity index (χ4n) is 2.02. The SMILES string of the molecule is CCc1cc(CNCc2cccc([N+](=O)[O-])c2)n(C)n1. The standard InChI is InChI=1S/C14H18N4O2/c1-3-12-8-14(17(2)16-12)10-15-9-11-5-4-6-13(7-11)18(19)20/h4-8,15H,3,9-10H2,1-2H3. The summed E-state index contributed by atoms with van der Waals surface area (Å²) in [4.78, 5) is 10.3. The molecule has 0 amide bonds. The Kier molecular flexibility index (Phi) is 4.47. The van der Waals surface area contributed by atoms with Gasteiger partial charge in [0.15, 0.2) is 0 Å². The number of nitro benzene ring substituents is 1. The van der Waals surface area contributed by atoms with Crippen LogP contribution in [-0.2, 0) is 26.6 Å². The van der Waals surface area contributed by atoms with E-state index >= 15 is 0 Å². The molecule has 6 nitrogen and oxygen atoms in total. The average Bonchev–Trinajstić information content (AvgIpc) is 2.80. The zero-order chi connectivity index (χ0) is 14.5. The monoisotopic (exact) mass is 274 g/mol. The molecular formula is C14H18N4O2. The van der Waals surface area contributed by atoms with Gasteiger partial charge in [-0.3, -0.25) is 14.8 Å². The number of benzene rings is 1. The second-order valence-corrected chi connectivity index (χ2v) is 4.63. The van der Waals surface area contributed by atoms with Gasteiger partial charge in [-0.2, -0.15) is 5.10 Å². The molecule has 0 bridgehead atoms. The van der Waals surface area contributed by atoms with E-state index in [2.05, 4.69) is 23.4 Å². The second kappa shape index (κ2) is 6.29. The zero-order valence-corrected chi connectivity index (χ0v) is 11.7. The number of hydrogen-bond acceptors (Lipinski definition) is 4. The van der Waals surface area contributed by atoms with Gasteiger partial charge in [-0.15, -0.1) is 0 Å². The van der Waals surface area contributed by atoms with Crippen molar-refractivity contribution >= 4 is 5.69 Å². The molecule has 0 aliphatic carbocycles. The number of nitrogens with zero attached hydrogens (tertiary/aromatic N) is 3. The predicted octanol–water partition coefficient (Wildman–Crippen LogP) is 2.18. The Morgan fingerprint density at radius 3 is 2.80 bits per heavy atom. The van der Waals surface area contributed by atoms with Gasteiger partial charge in [-0.25, -0.2) is 0 Å². The number of nitro groups is 1. The Labute approximate surface area is 117 Å². The number of non-ortho nitro benzene ring substituents is 1. The van der Waals surface area contributed by atoms with E-state index in [9.17, 15) is 10.1 Å². The number of aromatic nitrogens is 2. The molecule has 1 N–H and O–H groups in total. The van der Waals surface area contributed by atoms with Crippen molar-refractivity contribution in [2.45, 2.75) is 26.4 Å². The Morgan fingerprint density at radius 1 is 1.35 bits per heavy atom. The van der Waals surface area contributed by atoms with E-state index in [1.807, 2.05) is 17.8 Å². The minimum Gasteiger partial charge on any atom is -0.307 e. The molecular weight excluding hydrogens is 256 g/mol. The molecule has 0 fully saturated rings. The first-order valence-corrected chi connectivity index (χ1v) is 6.56. The van der Waals surface area contributed by atoms with Crippen LogP contribution in [0.2, 0.25) is 0 Å². The summed E-state index contributed by atoms with van der Waals surface area (Å²) in [5.74, 6) is 0. The molecule has 1 aromatic heterocycles. The van der Waals surface area contributed by atoms with Crippen molar-refractivity contribution in [2.24, 2.45) is 7.05 Å². The lowest BCUT2D eigenvalue weighted by atomic mass is 10.2. The molecule has 2 aromatic rings. The Balaban J connectivity index is 1.94. The minimum atomic E-state index is -0.377. The third-order valence-electron chi connectivity index (χ3n) is 3.15. The third-order valence-corrected chi connectivity index (χ3v) is 3.15. The number of hydrogen-bond donors (Lipinski definition) is 1. The maximum atomic E-state index is 10.7. The highest BCUT2D eigenvalue weighted by molar-refractivity contribution is 5.34. The van der Waals surface area contributed by atoms with Crippen LogP contribution in [0.15, 0.2) is 30.3 Å². The van der Waals surface area contributed by atoms with E-state index in [0.717, 1.165) is 23.4 Å². The normalized spacial score (nSPS) is 10.7. The van der Waals surface area contributed by atoms with E-state index in [-0.39, 0.29) is 10.6 Å². The van der Waals surface area contributed by atoms with Crippen LogP contribution < -0.4 is 5.32 Å². The van der Waals surface area contributed by atoms with Gasteiger partial charge in [0.1, 0.15) is 0 Å². The maximum Gasteiger partial charge on any atom is 0.269 e. The van der Waals surface area contributed by atoms with Crippen LogP contribution in [0.4, 0.5) is 5.69 Å². The highest BCUT2D eigenvalue weighted by Crippen LogP contribution is 2.13. The number of rotatable bonds is 6. The Bertz CT molecular complexity index is 607. The summed E-state index contributed by atoms with van der Waals surface area (Å²) in [5.41, 5.74) is 3.20. The summed E-state index contributed by atoms with van der Waals surface area (Å²) < 4.78 is 1.86. The van der Waals surface area contributed by atoms with Crippen molar-refractivity contribution in [3.63, 3.8) is 0 Å². The molecule has 1 heterocycles. The van der Waals surface area contributed by atoms with E-state index < -0.39 is 0 Å². The van der Waals surface area contributed by atoms with Crippen molar-refractivity contribution in [1.82, 2.24) is 15.1 Å². The molecule has 0 aliphatic rings. The van der Waals surface area contributed by atoms with Crippen LogP contribution in [-0.4, -0.2) is 14.7 Å².